The molecule has 0 aliphatic heterocycles. The molecule has 1 aromatic carbocycles. The first-order valence-electron chi connectivity index (χ1n) is 4.63. The summed E-state index contributed by atoms with van der Waals surface area (Å²) in [7, 11) is 1.51. The van der Waals surface area contributed by atoms with Crippen molar-refractivity contribution in [3.63, 3.8) is 0 Å². The molecule has 0 saturated heterocycles. The highest BCUT2D eigenvalue weighted by Crippen LogP contribution is 2.18. The predicted octanol–water partition coefficient (Wildman–Crippen LogP) is 0.819. The van der Waals surface area contributed by atoms with Crippen LogP contribution in [0.15, 0.2) is 29.2 Å². The minimum Gasteiger partial charge on any atom is -0.478 e. The van der Waals surface area contributed by atoms with Crippen molar-refractivity contribution in [2.24, 2.45) is 7.05 Å². The molecule has 2 rings (SSSR count). The minimum atomic E-state index is -1.06. The van der Waals surface area contributed by atoms with E-state index in [1.54, 1.807) is 12.1 Å². The van der Waals surface area contributed by atoms with Crippen LogP contribution in [0.25, 0.3) is 10.8 Å². The topological polar surface area (TPSA) is 85.3 Å². The third-order valence-corrected chi connectivity index (χ3v) is 2.44. The minimum absolute atomic E-state index is 0.0945. The molecule has 3 N–H and O–H groups in total. The zero-order chi connectivity index (χ0) is 11.9. The number of benzene rings is 1. The molecule has 0 bridgehead atoms. The van der Waals surface area contributed by atoms with E-state index in [-0.39, 0.29) is 11.1 Å². The smallest absolute Gasteiger partial charge is 0.337 e. The SMILES string of the molecule is Cn1cc(C(=O)O)c2ccc(N)cc2c1=O. The second-order valence-corrected chi connectivity index (χ2v) is 3.57. The van der Waals surface area contributed by atoms with Gasteiger partial charge in [-0.1, -0.05) is 6.07 Å². The average Bonchev–Trinajstić information content (AvgIpc) is 2.23. The molecule has 5 nitrogen and oxygen atoms in total. The molecule has 1 heterocycles. The second-order valence-electron chi connectivity index (χ2n) is 3.57. The van der Waals surface area contributed by atoms with Crippen LogP contribution >= 0.6 is 0 Å². The summed E-state index contributed by atoms with van der Waals surface area (Å²) in [4.78, 5) is 22.8. The Balaban J connectivity index is 3.01. The lowest BCUT2D eigenvalue weighted by atomic mass is 10.1. The van der Waals surface area contributed by atoms with E-state index in [1.807, 2.05) is 0 Å². The van der Waals surface area contributed by atoms with Crippen molar-refractivity contribution in [2.45, 2.75) is 0 Å². The highest BCUT2D eigenvalue weighted by molar-refractivity contribution is 6.03. The lowest BCUT2D eigenvalue weighted by Crippen LogP contribution is -2.19. The van der Waals surface area contributed by atoms with Crippen LogP contribution in [-0.4, -0.2) is 15.6 Å². The van der Waals surface area contributed by atoms with Crippen LogP contribution in [0.5, 0.6) is 0 Å². The molecule has 0 aliphatic carbocycles. The van der Waals surface area contributed by atoms with Crippen LogP contribution in [0.1, 0.15) is 10.4 Å². The number of pyridine rings is 1. The fraction of sp³-hybridized carbons (Fsp3) is 0.0909. The number of aryl methyl sites for hydroxylation is 1. The first-order valence-corrected chi connectivity index (χ1v) is 4.63. The number of rotatable bonds is 1. The maximum absolute atomic E-state index is 11.8. The summed E-state index contributed by atoms with van der Waals surface area (Å²) in [6.07, 6.45) is 1.31. The maximum atomic E-state index is 11.8. The van der Waals surface area contributed by atoms with E-state index in [9.17, 15) is 9.59 Å². The van der Waals surface area contributed by atoms with Gasteiger partial charge in [0, 0.05) is 24.3 Å². The van der Waals surface area contributed by atoms with Gasteiger partial charge < -0.3 is 15.4 Å². The molecule has 0 amide bonds. The fourth-order valence-corrected chi connectivity index (χ4v) is 1.66. The fourth-order valence-electron chi connectivity index (χ4n) is 1.66. The van der Waals surface area contributed by atoms with Crippen molar-refractivity contribution >= 4 is 22.4 Å². The monoisotopic (exact) mass is 218 g/mol. The summed E-state index contributed by atoms with van der Waals surface area (Å²) in [5.74, 6) is -1.06. The third kappa shape index (κ3) is 1.42. The maximum Gasteiger partial charge on any atom is 0.337 e. The van der Waals surface area contributed by atoms with E-state index in [1.165, 1.54) is 23.9 Å². The zero-order valence-electron chi connectivity index (χ0n) is 8.60. The van der Waals surface area contributed by atoms with Gasteiger partial charge in [0.25, 0.3) is 5.56 Å². The zero-order valence-corrected chi connectivity index (χ0v) is 8.60. The molecule has 0 radical (unpaired) electrons. The lowest BCUT2D eigenvalue weighted by molar-refractivity contribution is 0.0698. The van der Waals surface area contributed by atoms with Crippen molar-refractivity contribution in [1.82, 2.24) is 4.57 Å². The Hall–Kier alpha value is -2.30. The number of aromatic nitrogens is 1. The summed E-state index contributed by atoms with van der Waals surface area (Å²) >= 11 is 0. The predicted molar refractivity (Wildman–Crippen MR) is 60.6 cm³/mol. The standard InChI is InChI=1S/C11H10N2O3/c1-13-5-9(11(15)16)7-3-2-6(12)4-8(7)10(13)14/h2-5H,12H2,1H3,(H,15,16). The largest absolute Gasteiger partial charge is 0.478 e. The van der Waals surface area contributed by atoms with E-state index in [2.05, 4.69) is 0 Å². The lowest BCUT2D eigenvalue weighted by Gasteiger charge is -2.06. The van der Waals surface area contributed by atoms with Crippen LogP contribution in [0.2, 0.25) is 0 Å². The van der Waals surface area contributed by atoms with Gasteiger partial charge in [0.05, 0.1) is 10.9 Å². The van der Waals surface area contributed by atoms with Gasteiger partial charge in [-0.15, -0.1) is 0 Å². The van der Waals surface area contributed by atoms with Crippen LogP contribution in [0, 0.1) is 0 Å². The molecular formula is C11H10N2O3. The quantitative estimate of drug-likeness (QED) is 0.694. The van der Waals surface area contributed by atoms with Gasteiger partial charge in [0.1, 0.15) is 0 Å². The Bertz CT molecular complexity index is 643. The Morgan fingerprint density at radius 2 is 2.06 bits per heavy atom. The van der Waals surface area contributed by atoms with Crippen LogP contribution < -0.4 is 11.3 Å². The van der Waals surface area contributed by atoms with Crippen molar-refractivity contribution < 1.29 is 9.90 Å². The number of fused-ring (bicyclic) bond motifs is 1. The number of nitrogens with two attached hydrogens (primary N) is 1. The highest BCUT2D eigenvalue weighted by Gasteiger charge is 2.12. The second kappa shape index (κ2) is 3.37. The summed E-state index contributed by atoms with van der Waals surface area (Å²) in [5.41, 5.74) is 5.85. The Morgan fingerprint density at radius 1 is 1.38 bits per heavy atom. The number of carbonyl (C=O) groups is 1. The molecule has 5 heteroatoms. The molecule has 0 saturated carbocycles. The average molecular weight is 218 g/mol. The van der Waals surface area contributed by atoms with E-state index in [0.717, 1.165) is 0 Å². The van der Waals surface area contributed by atoms with Gasteiger partial charge in [-0.3, -0.25) is 4.79 Å². The van der Waals surface area contributed by atoms with Crippen LogP contribution in [0.3, 0.4) is 0 Å². The summed E-state index contributed by atoms with van der Waals surface area (Å²) in [6, 6.07) is 4.62. The Labute approximate surface area is 90.7 Å². The normalized spacial score (nSPS) is 10.6. The number of hydrogen-bond donors (Lipinski definition) is 2. The number of hydrogen-bond acceptors (Lipinski definition) is 3. The first kappa shape index (κ1) is 10.2. The number of carboxylic acid groups (broad SMARTS) is 1. The van der Waals surface area contributed by atoms with Gasteiger partial charge >= 0.3 is 5.97 Å². The Kier molecular flexibility index (Phi) is 2.16. The summed E-state index contributed by atoms with van der Waals surface area (Å²) in [5, 5.41) is 9.75. The molecule has 16 heavy (non-hydrogen) atoms. The van der Waals surface area contributed by atoms with Gasteiger partial charge in [-0.05, 0) is 12.1 Å². The van der Waals surface area contributed by atoms with E-state index >= 15 is 0 Å². The van der Waals surface area contributed by atoms with Gasteiger partial charge in [0.15, 0.2) is 0 Å². The molecule has 0 unspecified atom stereocenters. The molecule has 0 aliphatic rings. The number of anilines is 1. The molecule has 2 aromatic rings. The number of carboxylic acids is 1. The van der Waals surface area contributed by atoms with Crippen LogP contribution in [0.4, 0.5) is 5.69 Å². The molecule has 0 fully saturated rings. The van der Waals surface area contributed by atoms with Gasteiger partial charge in [0.2, 0.25) is 0 Å². The van der Waals surface area contributed by atoms with Crippen LogP contribution in [-0.2, 0) is 7.05 Å². The molecule has 0 spiro atoms. The highest BCUT2D eigenvalue weighted by atomic mass is 16.4. The summed E-state index contributed by atoms with van der Waals surface area (Å²) in [6.45, 7) is 0. The number of nitrogen functional groups attached to an aromatic ring is 1. The van der Waals surface area contributed by atoms with Gasteiger partial charge in [-0.2, -0.15) is 0 Å². The Morgan fingerprint density at radius 3 is 2.69 bits per heavy atom. The molecule has 1 aromatic heterocycles. The van der Waals surface area contributed by atoms with E-state index in [4.69, 9.17) is 10.8 Å². The molecular weight excluding hydrogens is 208 g/mol. The van der Waals surface area contributed by atoms with Crippen molar-refractivity contribution in [3.05, 3.63) is 40.3 Å². The first-order chi connectivity index (χ1) is 7.50. The summed E-state index contributed by atoms with van der Waals surface area (Å²) < 4.78 is 1.24. The van der Waals surface area contributed by atoms with Crippen molar-refractivity contribution in [1.29, 1.82) is 0 Å². The van der Waals surface area contributed by atoms with E-state index in [0.29, 0.717) is 16.5 Å². The van der Waals surface area contributed by atoms with Crippen molar-refractivity contribution in [3.8, 4) is 0 Å². The van der Waals surface area contributed by atoms with E-state index < -0.39 is 5.97 Å². The molecule has 0 atom stereocenters. The van der Waals surface area contributed by atoms with Crippen molar-refractivity contribution in [2.75, 3.05) is 5.73 Å². The number of aromatic carboxylic acids is 1. The van der Waals surface area contributed by atoms with Gasteiger partial charge in [-0.25, -0.2) is 4.79 Å². The molecule has 82 valence electrons. The third-order valence-electron chi connectivity index (χ3n) is 2.44. The number of nitrogens with zero attached hydrogens (tertiary/aromatic N) is 1.